The molecule has 1 aliphatic rings. The minimum atomic E-state index is 0.0289. The fraction of sp³-hybridized carbons (Fsp3) is 0.900. The van der Waals surface area contributed by atoms with Crippen LogP contribution in [0.2, 0.25) is 0 Å². The Labute approximate surface area is 80.4 Å². The predicted octanol–water partition coefficient (Wildman–Crippen LogP) is 1.57. The van der Waals surface area contributed by atoms with E-state index in [0.29, 0.717) is 5.92 Å². The first-order valence-corrected chi connectivity index (χ1v) is 5.13. The van der Waals surface area contributed by atoms with Crippen LogP contribution in [0.15, 0.2) is 4.99 Å². The zero-order chi connectivity index (χ0) is 9.68. The molecule has 3 heteroatoms. The van der Waals surface area contributed by atoms with Crippen LogP contribution in [0.1, 0.15) is 33.1 Å². The molecule has 13 heavy (non-hydrogen) atoms. The van der Waals surface area contributed by atoms with Crippen molar-refractivity contribution in [1.29, 1.82) is 0 Å². The molecule has 0 aromatic rings. The maximum atomic E-state index is 5.91. The normalized spacial score (nSPS) is 24.0. The van der Waals surface area contributed by atoms with Gasteiger partial charge in [0, 0.05) is 6.54 Å². The summed E-state index contributed by atoms with van der Waals surface area (Å²) in [5.41, 5.74) is 5.91. The first-order valence-electron chi connectivity index (χ1n) is 5.13. The van der Waals surface area contributed by atoms with Crippen molar-refractivity contribution in [2.75, 3.05) is 13.2 Å². The molecule has 0 saturated carbocycles. The van der Waals surface area contributed by atoms with Crippen molar-refractivity contribution in [2.24, 2.45) is 16.6 Å². The highest BCUT2D eigenvalue weighted by molar-refractivity contribution is 5.81. The molecular formula is C10H20N2O. The van der Waals surface area contributed by atoms with E-state index >= 15 is 0 Å². The Morgan fingerprint density at radius 2 is 2.31 bits per heavy atom. The Morgan fingerprint density at radius 3 is 3.00 bits per heavy atom. The lowest BCUT2D eigenvalue weighted by Crippen LogP contribution is -2.32. The van der Waals surface area contributed by atoms with Crippen molar-refractivity contribution in [2.45, 2.75) is 39.2 Å². The molecule has 1 rings (SSSR count). The zero-order valence-corrected chi connectivity index (χ0v) is 8.62. The van der Waals surface area contributed by atoms with Crippen molar-refractivity contribution < 1.29 is 4.74 Å². The van der Waals surface area contributed by atoms with Crippen LogP contribution >= 0.6 is 0 Å². The van der Waals surface area contributed by atoms with Crippen molar-refractivity contribution in [3.05, 3.63) is 0 Å². The number of nitrogens with two attached hydrogens (primary N) is 1. The highest BCUT2D eigenvalue weighted by Crippen LogP contribution is 2.08. The Morgan fingerprint density at radius 1 is 1.54 bits per heavy atom. The quantitative estimate of drug-likeness (QED) is 0.708. The van der Waals surface area contributed by atoms with Gasteiger partial charge in [-0.1, -0.05) is 13.8 Å². The maximum Gasteiger partial charge on any atom is 0.200 e. The van der Waals surface area contributed by atoms with E-state index < -0.39 is 0 Å². The first-order chi connectivity index (χ1) is 6.20. The maximum absolute atomic E-state index is 5.91. The van der Waals surface area contributed by atoms with E-state index in [-0.39, 0.29) is 6.04 Å². The van der Waals surface area contributed by atoms with Gasteiger partial charge in [0.1, 0.15) is 0 Å². The number of ether oxygens (including phenoxy) is 1. The smallest absolute Gasteiger partial charge is 0.200 e. The molecule has 0 radical (unpaired) electrons. The van der Waals surface area contributed by atoms with E-state index in [4.69, 9.17) is 10.5 Å². The molecule has 1 unspecified atom stereocenters. The summed E-state index contributed by atoms with van der Waals surface area (Å²) >= 11 is 0. The third-order valence-electron chi connectivity index (χ3n) is 2.07. The lowest BCUT2D eigenvalue weighted by atomic mass is 10.1. The Hall–Kier alpha value is -0.570. The average Bonchev–Trinajstić information content (AvgIpc) is 2.27. The van der Waals surface area contributed by atoms with Crippen molar-refractivity contribution in [3.8, 4) is 0 Å². The molecule has 0 fully saturated rings. The van der Waals surface area contributed by atoms with Crippen LogP contribution in [0.25, 0.3) is 0 Å². The second kappa shape index (κ2) is 5.22. The van der Waals surface area contributed by atoms with Crippen LogP contribution in [0.3, 0.4) is 0 Å². The molecule has 0 spiro atoms. The van der Waals surface area contributed by atoms with Gasteiger partial charge >= 0.3 is 0 Å². The molecule has 3 nitrogen and oxygen atoms in total. The molecule has 0 aromatic heterocycles. The monoisotopic (exact) mass is 184 g/mol. The lowest BCUT2D eigenvalue weighted by molar-refractivity contribution is 0.246. The fourth-order valence-corrected chi connectivity index (χ4v) is 1.31. The van der Waals surface area contributed by atoms with Gasteiger partial charge in [-0.25, -0.2) is 0 Å². The van der Waals surface area contributed by atoms with E-state index in [9.17, 15) is 0 Å². The van der Waals surface area contributed by atoms with Crippen LogP contribution in [0, 0.1) is 5.92 Å². The van der Waals surface area contributed by atoms with Gasteiger partial charge in [-0.3, -0.25) is 4.99 Å². The summed E-state index contributed by atoms with van der Waals surface area (Å²) in [6.45, 7) is 5.86. The molecule has 0 aromatic carbocycles. The molecule has 76 valence electrons. The standard InChI is InChI=1S/C10H20N2O/c1-8(2)7-13-10-9(11)5-3-4-6-12-10/h8-9H,3-7,11H2,1-2H3. The summed E-state index contributed by atoms with van der Waals surface area (Å²) in [5.74, 6) is 1.31. The SMILES string of the molecule is CC(C)COC1=NCCCCC1N. The summed E-state index contributed by atoms with van der Waals surface area (Å²) in [6.07, 6.45) is 3.32. The molecule has 0 bridgehead atoms. The highest BCUT2D eigenvalue weighted by atomic mass is 16.5. The number of aliphatic imine (C=N–C) groups is 1. The van der Waals surface area contributed by atoms with Gasteiger partial charge in [0.25, 0.3) is 0 Å². The predicted molar refractivity (Wildman–Crippen MR) is 54.9 cm³/mol. The van der Waals surface area contributed by atoms with Crippen molar-refractivity contribution in [1.82, 2.24) is 0 Å². The summed E-state index contributed by atoms with van der Waals surface area (Å²) in [4.78, 5) is 4.35. The van der Waals surface area contributed by atoms with Crippen LogP contribution in [0.5, 0.6) is 0 Å². The summed E-state index contributed by atoms with van der Waals surface area (Å²) in [5, 5.41) is 0. The average molecular weight is 184 g/mol. The van der Waals surface area contributed by atoms with Gasteiger partial charge in [0.2, 0.25) is 5.90 Å². The number of nitrogens with zero attached hydrogens (tertiary/aromatic N) is 1. The third-order valence-corrected chi connectivity index (χ3v) is 2.07. The summed E-state index contributed by atoms with van der Waals surface area (Å²) < 4.78 is 5.56. The lowest BCUT2D eigenvalue weighted by Gasteiger charge is -2.14. The summed E-state index contributed by atoms with van der Waals surface area (Å²) in [6, 6.07) is 0.0289. The molecule has 1 heterocycles. The van der Waals surface area contributed by atoms with Gasteiger partial charge < -0.3 is 10.5 Å². The molecule has 1 atom stereocenters. The van der Waals surface area contributed by atoms with Crippen molar-refractivity contribution in [3.63, 3.8) is 0 Å². The van der Waals surface area contributed by atoms with Crippen LogP contribution in [0.4, 0.5) is 0 Å². The van der Waals surface area contributed by atoms with Gasteiger partial charge in [-0.05, 0) is 25.2 Å². The molecule has 2 N–H and O–H groups in total. The van der Waals surface area contributed by atoms with Crippen LogP contribution in [-0.2, 0) is 4.74 Å². The van der Waals surface area contributed by atoms with Gasteiger partial charge in [-0.2, -0.15) is 0 Å². The third kappa shape index (κ3) is 3.77. The minimum absolute atomic E-state index is 0.0289. The van der Waals surface area contributed by atoms with Crippen molar-refractivity contribution >= 4 is 5.90 Å². The molecule has 0 amide bonds. The fourth-order valence-electron chi connectivity index (χ4n) is 1.31. The largest absolute Gasteiger partial charge is 0.480 e. The minimum Gasteiger partial charge on any atom is -0.480 e. The molecule has 0 aliphatic carbocycles. The Kier molecular flexibility index (Phi) is 4.22. The van der Waals surface area contributed by atoms with E-state index in [1.807, 2.05) is 0 Å². The van der Waals surface area contributed by atoms with Gasteiger partial charge in [-0.15, -0.1) is 0 Å². The Bertz CT molecular complexity index is 178. The zero-order valence-electron chi connectivity index (χ0n) is 8.62. The first kappa shape index (κ1) is 10.5. The van der Waals surface area contributed by atoms with E-state index in [1.54, 1.807) is 0 Å². The Balaban J connectivity index is 2.39. The second-order valence-electron chi connectivity index (χ2n) is 4.03. The molecule has 1 aliphatic heterocycles. The number of hydrogen-bond donors (Lipinski definition) is 1. The van der Waals surface area contributed by atoms with Crippen LogP contribution in [-0.4, -0.2) is 25.1 Å². The van der Waals surface area contributed by atoms with E-state index in [2.05, 4.69) is 18.8 Å². The van der Waals surface area contributed by atoms with E-state index in [0.717, 1.165) is 31.9 Å². The van der Waals surface area contributed by atoms with Gasteiger partial charge in [0.15, 0.2) is 0 Å². The van der Waals surface area contributed by atoms with Crippen LogP contribution < -0.4 is 5.73 Å². The van der Waals surface area contributed by atoms with E-state index in [1.165, 1.54) is 6.42 Å². The molecule has 0 saturated heterocycles. The number of hydrogen-bond acceptors (Lipinski definition) is 3. The summed E-state index contributed by atoms with van der Waals surface area (Å²) in [7, 11) is 0. The molecular weight excluding hydrogens is 164 g/mol. The highest BCUT2D eigenvalue weighted by Gasteiger charge is 2.15. The number of rotatable bonds is 2. The second-order valence-corrected chi connectivity index (χ2v) is 4.03. The van der Waals surface area contributed by atoms with Gasteiger partial charge in [0.05, 0.1) is 12.6 Å². The topological polar surface area (TPSA) is 47.6 Å².